The summed E-state index contributed by atoms with van der Waals surface area (Å²) in [5.41, 5.74) is 1.09. The molecule has 1 heterocycles. The minimum Gasteiger partial charge on any atom is -0.440 e. The number of carbonyl (C=O) groups excluding carboxylic acids is 1. The molecule has 4 heteroatoms. The molecule has 0 saturated heterocycles. The molecule has 0 aliphatic heterocycles. The summed E-state index contributed by atoms with van der Waals surface area (Å²) >= 11 is 0. The van der Waals surface area contributed by atoms with Crippen LogP contribution >= 0.6 is 0 Å². The van der Waals surface area contributed by atoms with E-state index in [2.05, 4.69) is 4.98 Å². The molecule has 2 atom stereocenters. The maximum absolute atomic E-state index is 12.9. The summed E-state index contributed by atoms with van der Waals surface area (Å²) in [4.78, 5) is 15.4. The molecule has 1 aliphatic rings. The number of ketones is 1. The Morgan fingerprint density at radius 1 is 1.56 bits per heavy atom. The molecule has 0 spiro atoms. The van der Waals surface area contributed by atoms with Crippen LogP contribution < -0.4 is 0 Å². The largest absolute Gasteiger partial charge is 0.440 e. The summed E-state index contributed by atoms with van der Waals surface area (Å²) in [5.74, 6) is 0.513. The molecule has 0 unspecified atom stereocenters. The van der Waals surface area contributed by atoms with Gasteiger partial charge in [-0.25, -0.2) is 9.37 Å². The van der Waals surface area contributed by atoms with E-state index < -0.39 is 0 Å². The Kier molecular flexibility index (Phi) is 1.87. The van der Waals surface area contributed by atoms with Crippen LogP contribution in [-0.4, -0.2) is 10.8 Å². The number of hydrogen-bond donors (Lipinski definition) is 0. The van der Waals surface area contributed by atoms with E-state index in [1.807, 2.05) is 0 Å². The predicted octanol–water partition coefficient (Wildman–Crippen LogP) is 2.66. The summed E-state index contributed by atoms with van der Waals surface area (Å²) < 4.78 is 18.4. The van der Waals surface area contributed by atoms with Crippen molar-refractivity contribution in [3.05, 3.63) is 29.9 Å². The fraction of sp³-hybridized carbons (Fsp3) is 0.333. The number of oxazole rings is 1. The van der Waals surface area contributed by atoms with Crippen LogP contribution in [0.2, 0.25) is 0 Å². The second-order valence-corrected chi connectivity index (χ2v) is 4.22. The van der Waals surface area contributed by atoms with Gasteiger partial charge in [0.2, 0.25) is 0 Å². The monoisotopic (exact) mass is 219 g/mol. The zero-order chi connectivity index (χ0) is 11.3. The van der Waals surface area contributed by atoms with Gasteiger partial charge in [-0.1, -0.05) is 0 Å². The zero-order valence-electron chi connectivity index (χ0n) is 8.74. The number of nitrogens with zero attached hydrogens (tertiary/aromatic N) is 1. The Bertz CT molecular complexity index is 575. The van der Waals surface area contributed by atoms with Crippen molar-refractivity contribution in [1.29, 1.82) is 0 Å². The Balaban J connectivity index is 1.98. The van der Waals surface area contributed by atoms with E-state index in [0.717, 1.165) is 6.42 Å². The van der Waals surface area contributed by atoms with Gasteiger partial charge < -0.3 is 4.42 Å². The lowest BCUT2D eigenvalue weighted by Crippen LogP contribution is -1.94. The molecule has 2 aromatic rings. The third kappa shape index (κ3) is 1.41. The van der Waals surface area contributed by atoms with Crippen molar-refractivity contribution in [3.8, 4) is 0 Å². The first-order chi connectivity index (χ1) is 7.65. The number of hydrogen-bond acceptors (Lipinski definition) is 3. The Morgan fingerprint density at radius 2 is 2.38 bits per heavy atom. The van der Waals surface area contributed by atoms with Crippen molar-refractivity contribution in [2.24, 2.45) is 5.92 Å². The van der Waals surface area contributed by atoms with Gasteiger partial charge in [0.15, 0.2) is 11.5 Å². The van der Waals surface area contributed by atoms with Crippen molar-refractivity contribution in [1.82, 2.24) is 4.98 Å². The van der Waals surface area contributed by atoms with Gasteiger partial charge in [-0.15, -0.1) is 0 Å². The molecular formula is C12H10FNO2. The van der Waals surface area contributed by atoms with E-state index in [4.69, 9.17) is 4.42 Å². The van der Waals surface area contributed by atoms with Gasteiger partial charge in [-0.3, -0.25) is 4.79 Å². The SMILES string of the molecule is CC(=O)[C@H]1C[C@@H]1c1nc2ccc(F)cc2o1. The van der Waals surface area contributed by atoms with E-state index in [1.54, 1.807) is 13.0 Å². The normalized spacial score (nSPS) is 23.6. The number of benzene rings is 1. The molecule has 16 heavy (non-hydrogen) atoms. The van der Waals surface area contributed by atoms with Gasteiger partial charge in [0, 0.05) is 17.9 Å². The Hall–Kier alpha value is -1.71. The van der Waals surface area contributed by atoms with Crippen LogP contribution in [0.25, 0.3) is 11.1 Å². The van der Waals surface area contributed by atoms with Gasteiger partial charge in [0.25, 0.3) is 0 Å². The van der Waals surface area contributed by atoms with Crippen molar-refractivity contribution < 1.29 is 13.6 Å². The van der Waals surface area contributed by atoms with Crippen molar-refractivity contribution in [2.45, 2.75) is 19.3 Å². The van der Waals surface area contributed by atoms with Gasteiger partial charge in [-0.05, 0) is 25.5 Å². The van der Waals surface area contributed by atoms with E-state index in [0.29, 0.717) is 17.0 Å². The average Bonchev–Trinajstić information content (AvgIpc) is 2.93. The molecule has 3 nitrogen and oxygen atoms in total. The molecule has 1 aromatic heterocycles. The summed E-state index contributed by atoms with van der Waals surface area (Å²) in [7, 11) is 0. The first-order valence-corrected chi connectivity index (χ1v) is 5.21. The van der Waals surface area contributed by atoms with Crippen molar-refractivity contribution in [2.75, 3.05) is 0 Å². The molecule has 0 bridgehead atoms. The van der Waals surface area contributed by atoms with Gasteiger partial charge in [0.05, 0.1) is 0 Å². The van der Waals surface area contributed by atoms with Crippen LogP contribution in [-0.2, 0) is 4.79 Å². The second-order valence-electron chi connectivity index (χ2n) is 4.22. The third-order valence-corrected chi connectivity index (χ3v) is 3.00. The molecule has 82 valence electrons. The highest BCUT2D eigenvalue weighted by Crippen LogP contribution is 2.48. The number of rotatable bonds is 2. The van der Waals surface area contributed by atoms with Crippen LogP contribution in [0.4, 0.5) is 4.39 Å². The fourth-order valence-electron chi connectivity index (χ4n) is 1.99. The molecule has 3 rings (SSSR count). The zero-order valence-corrected chi connectivity index (χ0v) is 8.74. The Labute approximate surface area is 91.3 Å². The number of halogens is 1. The lowest BCUT2D eigenvalue weighted by molar-refractivity contribution is -0.118. The number of carbonyl (C=O) groups is 1. The molecule has 0 amide bonds. The number of aromatic nitrogens is 1. The van der Waals surface area contributed by atoms with Crippen molar-refractivity contribution >= 4 is 16.9 Å². The summed E-state index contributed by atoms with van der Waals surface area (Å²) in [6.45, 7) is 1.58. The molecule has 1 fully saturated rings. The molecule has 1 aliphatic carbocycles. The minimum absolute atomic E-state index is 0.0397. The summed E-state index contributed by atoms with van der Waals surface area (Å²) in [5, 5.41) is 0. The second kappa shape index (κ2) is 3.14. The summed E-state index contributed by atoms with van der Waals surface area (Å²) in [6, 6.07) is 4.25. The Morgan fingerprint density at radius 3 is 3.06 bits per heavy atom. The van der Waals surface area contributed by atoms with E-state index >= 15 is 0 Å². The smallest absolute Gasteiger partial charge is 0.199 e. The quantitative estimate of drug-likeness (QED) is 0.779. The predicted molar refractivity (Wildman–Crippen MR) is 55.5 cm³/mol. The molecule has 0 radical (unpaired) electrons. The van der Waals surface area contributed by atoms with Crippen LogP contribution in [0.3, 0.4) is 0 Å². The summed E-state index contributed by atoms with van der Waals surface area (Å²) in [6.07, 6.45) is 0.796. The third-order valence-electron chi connectivity index (χ3n) is 3.00. The van der Waals surface area contributed by atoms with E-state index in [1.165, 1.54) is 12.1 Å². The van der Waals surface area contributed by atoms with Gasteiger partial charge in [0.1, 0.15) is 17.1 Å². The van der Waals surface area contributed by atoms with Gasteiger partial charge in [-0.2, -0.15) is 0 Å². The van der Waals surface area contributed by atoms with Crippen LogP contribution in [0, 0.1) is 11.7 Å². The maximum Gasteiger partial charge on any atom is 0.199 e. The maximum atomic E-state index is 12.9. The molecular weight excluding hydrogens is 209 g/mol. The van der Waals surface area contributed by atoms with Crippen molar-refractivity contribution in [3.63, 3.8) is 0 Å². The van der Waals surface area contributed by atoms with Crippen LogP contribution in [0.1, 0.15) is 25.2 Å². The molecule has 1 aromatic carbocycles. The number of Topliss-reactive ketones (excluding diaryl/α,β-unsaturated/α-hetero) is 1. The highest BCUT2D eigenvalue weighted by atomic mass is 19.1. The molecule has 0 N–H and O–H groups in total. The highest BCUT2D eigenvalue weighted by Gasteiger charge is 2.45. The fourth-order valence-corrected chi connectivity index (χ4v) is 1.99. The van der Waals surface area contributed by atoms with Gasteiger partial charge >= 0.3 is 0 Å². The highest BCUT2D eigenvalue weighted by molar-refractivity contribution is 5.82. The average molecular weight is 219 g/mol. The molecule has 1 saturated carbocycles. The minimum atomic E-state index is -0.339. The topological polar surface area (TPSA) is 43.1 Å². The lowest BCUT2D eigenvalue weighted by Gasteiger charge is -1.88. The van der Waals surface area contributed by atoms with Crippen LogP contribution in [0.5, 0.6) is 0 Å². The first-order valence-electron chi connectivity index (χ1n) is 5.21. The van der Waals surface area contributed by atoms with E-state index in [9.17, 15) is 9.18 Å². The first kappa shape index (κ1) is 9.51. The van der Waals surface area contributed by atoms with E-state index in [-0.39, 0.29) is 23.4 Å². The van der Waals surface area contributed by atoms with Crippen LogP contribution in [0.15, 0.2) is 22.6 Å². The standard InChI is InChI=1S/C12H10FNO2/c1-6(15)8-5-9(8)12-14-10-3-2-7(13)4-11(10)16-12/h2-4,8-9H,5H2,1H3/t8-,9+/m1/s1. The lowest BCUT2D eigenvalue weighted by atomic mass is 10.2. The number of fused-ring (bicyclic) bond motifs is 1.